The number of hydrogen-bond acceptors (Lipinski definition) is 5. The van der Waals surface area contributed by atoms with Gasteiger partial charge in [-0.3, -0.25) is 14.5 Å². The van der Waals surface area contributed by atoms with Gasteiger partial charge in [-0.1, -0.05) is 24.6 Å². The Balaban J connectivity index is 1.19. The van der Waals surface area contributed by atoms with Crippen molar-refractivity contribution >= 4 is 27.8 Å². The molecule has 0 radical (unpaired) electrons. The molecule has 2 aromatic carbocycles. The van der Waals surface area contributed by atoms with E-state index in [9.17, 15) is 22.0 Å². The molecule has 5 rings (SSSR count). The van der Waals surface area contributed by atoms with Crippen LogP contribution >= 0.6 is 0 Å². The number of sulfonamides is 1. The maximum atomic E-state index is 15.1. The third kappa shape index (κ3) is 6.25. The number of allylic oxidation sites excluding steroid dienone is 1. The fourth-order valence-corrected chi connectivity index (χ4v) is 7.57. The third-order valence-electron chi connectivity index (χ3n) is 8.02. The molecule has 0 aromatic heterocycles. The van der Waals surface area contributed by atoms with E-state index in [1.807, 2.05) is 12.2 Å². The monoisotopic (exact) mass is 574 g/mol. The summed E-state index contributed by atoms with van der Waals surface area (Å²) in [7, 11) is -3.91. The van der Waals surface area contributed by atoms with Crippen molar-refractivity contribution in [3.8, 4) is 0 Å². The molecule has 2 aromatic rings. The number of rotatable bonds is 7. The number of amides is 1. The van der Waals surface area contributed by atoms with E-state index < -0.39 is 38.8 Å². The summed E-state index contributed by atoms with van der Waals surface area (Å²) in [5, 5.41) is -0.759. The molecule has 1 saturated carbocycles. The van der Waals surface area contributed by atoms with Crippen LogP contribution in [0, 0.1) is 23.4 Å². The van der Waals surface area contributed by atoms with Crippen molar-refractivity contribution in [1.82, 2.24) is 9.80 Å². The van der Waals surface area contributed by atoms with Gasteiger partial charge in [0.05, 0.1) is 11.7 Å². The maximum Gasteiger partial charge on any atom is 0.254 e. The summed E-state index contributed by atoms with van der Waals surface area (Å²) >= 11 is 0. The molecule has 40 heavy (non-hydrogen) atoms. The van der Waals surface area contributed by atoms with E-state index >= 15 is 4.39 Å². The second kappa shape index (κ2) is 12.1. The Labute approximate surface area is 232 Å². The SMILES string of the molecule is O=C(c1ccc(NS(=O)(=O)C2CCCC3C=CC=NC32)c(F)c1)N1CCCN(CCc2cccc(F)c2F)CC1. The van der Waals surface area contributed by atoms with E-state index in [-0.39, 0.29) is 23.1 Å². The van der Waals surface area contributed by atoms with E-state index in [1.54, 1.807) is 17.2 Å². The minimum absolute atomic E-state index is 0.0530. The largest absolute Gasteiger partial charge is 0.337 e. The number of nitrogens with one attached hydrogen (secondary N) is 1. The number of aliphatic imine (C=N–C) groups is 1. The van der Waals surface area contributed by atoms with Crippen molar-refractivity contribution in [2.45, 2.75) is 43.4 Å². The van der Waals surface area contributed by atoms with Crippen LogP contribution in [0.2, 0.25) is 0 Å². The van der Waals surface area contributed by atoms with Gasteiger partial charge in [-0.05, 0) is 68.1 Å². The van der Waals surface area contributed by atoms with Crippen LogP contribution in [0.4, 0.5) is 18.9 Å². The first-order valence-electron chi connectivity index (χ1n) is 13.7. The minimum Gasteiger partial charge on any atom is -0.337 e. The topological polar surface area (TPSA) is 82.1 Å². The summed E-state index contributed by atoms with van der Waals surface area (Å²) in [5.41, 5.74) is 0.256. The number of hydrogen-bond donors (Lipinski definition) is 1. The number of dihydropyridines is 1. The first-order valence-corrected chi connectivity index (χ1v) is 15.2. The molecule has 1 aliphatic carbocycles. The van der Waals surface area contributed by atoms with Crippen molar-refractivity contribution in [1.29, 1.82) is 0 Å². The third-order valence-corrected chi connectivity index (χ3v) is 9.84. The Kier molecular flexibility index (Phi) is 8.60. The van der Waals surface area contributed by atoms with Gasteiger partial charge in [-0.15, -0.1) is 0 Å². The Bertz CT molecular complexity index is 1420. The van der Waals surface area contributed by atoms with Gasteiger partial charge in [0.2, 0.25) is 10.0 Å². The van der Waals surface area contributed by atoms with Crippen LogP contribution in [-0.2, 0) is 16.4 Å². The standard InChI is InChI=1S/C29H33F3N4O3S/c30-23-8-1-5-20(27(23)32)12-16-35-14-4-15-36(18-17-35)29(37)22-10-11-25(24(31)19-22)34-40(38,39)26-9-2-6-21-7-3-13-33-28(21)26/h1,3,5,7-8,10-11,13,19,21,26,28,34H,2,4,6,9,12,14-18H2. The quantitative estimate of drug-likeness (QED) is 0.531. The van der Waals surface area contributed by atoms with E-state index in [0.717, 1.165) is 25.0 Å². The van der Waals surface area contributed by atoms with Crippen molar-refractivity contribution in [3.05, 3.63) is 77.1 Å². The number of nitrogens with zero attached hydrogens (tertiary/aromatic N) is 3. The highest BCUT2D eigenvalue weighted by molar-refractivity contribution is 7.93. The Morgan fingerprint density at radius 3 is 2.67 bits per heavy atom. The summed E-state index contributed by atoms with van der Waals surface area (Å²) in [6.07, 6.45) is 8.52. The molecule has 3 atom stereocenters. The maximum absolute atomic E-state index is 15.1. The zero-order valence-electron chi connectivity index (χ0n) is 22.1. The number of carbonyl (C=O) groups is 1. The summed E-state index contributed by atoms with van der Waals surface area (Å²) < 4.78 is 71.3. The highest BCUT2D eigenvalue weighted by Gasteiger charge is 2.40. The summed E-state index contributed by atoms with van der Waals surface area (Å²) in [6.45, 7) is 2.64. The zero-order valence-corrected chi connectivity index (χ0v) is 22.9. The molecule has 11 heteroatoms. The molecule has 0 bridgehead atoms. The van der Waals surface area contributed by atoms with Gasteiger partial charge in [0.1, 0.15) is 11.1 Å². The molecule has 1 amide bonds. The molecule has 1 saturated heterocycles. The molecule has 0 spiro atoms. The smallest absolute Gasteiger partial charge is 0.254 e. The molecule has 1 N–H and O–H groups in total. The second-order valence-corrected chi connectivity index (χ2v) is 12.5. The lowest BCUT2D eigenvalue weighted by Crippen LogP contribution is -2.44. The number of halogens is 3. The summed E-state index contributed by atoms with van der Waals surface area (Å²) in [4.78, 5) is 21.3. The Morgan fingerprint density at radius 2 is 1.85 bits per heavy atom. The molecule has 3 unspecified atom stereocenters. The first-order chi connectivity index (χ1) is 19.2. The molecule has 3 aliphatic rings. The van der Waals surface area contributed by atoms with Crippen molar-refractivity contribution in [2.75, 3.05) is 37.4 Å². The lowest BCUT2D eigenvalue weighted by Gasteiger charge is -2.35. The van der Waals surface area contributed by atoms with E-state index in [4.69, 9.17) is 0 Å². The van der Waals surface area contributed by atoms with Gasteiger partial charge in [0.15, 0.2) is 11.6 Å². The first kappa shape index (κ1) is 28.4. The number of benzene rings is 2. The minimum atomic E-state index is -3.91. The number of anilines is 1. The zero-order chi connectivity index (χ0) is 28.3. The lowest BCUT2D eigenvalue weighted by atomic mass is 9.83. The van der Waals surface area contributed by atoms with Crippen LogP contribution in [0.25, 0.3) is 0 Å². The van der Waals surface area contributed by atoms with Crippen LogP contribution < -0.4 is 4.72 Å². The molecular weight excluding hydrogens is 541 g/mol. The fraction of sp³-hybridized carbons (Fsp3) is 0.448. The molecule has 2 fully saturated rings. The van der Waals surface area contributed by atoms with E-state index in [2.05, 4.69) is 14.6 Å². The second-order valence-electron chi connectivity index (χ2n) is 10.6. The van der Waals surface area contributed by atoms with Gasteiger partial charge in [-0.25, -0.2) is 21.6 Å². The van der Waals surface area contributed by atoms with Gasteiger partial charge >= 0.3 is 0 Å². The van der Waals surface area contributed by atoms with Gasteiger partial charge in [-0.2, -0.15) is 0 Å². The highest BCUT2D eigenvalue weighted by atomic mass is 32.2. The van der Waals surface area contributed by atoms with Crippen LogP contribution in [0.3, 0.4) is 0 Å². The average molecular weight is 575 g/mol. The van der Waals surface area contributed by atoms with E-state index in [0.29, 0.717) is 57.5 Å². The molecule has 7 nitrogen and oxygen atoms in total. The predicted octanol–water partition coefficient (Wildman–Crippen LogP) is 4.41. The van der Waals surface area contributed by atoms with Crippen molar-refractivity contribution < 1.29 is 26.4 Å². The van der Waals surface area contributed by atoms with Gasteiger partial charge in [0.25, 0.3) is 5.91 Å². The highest BCUT2D eigenvalue weighted by Crippen LogP contribution is 2.34. The molecule has 214 valence electrons. The van der Waals surface area contributed by atoms with Crippen LogP contribution in [0.1, 0.15) is 41.6 Å². The van der Waals surface area contributed by atoms with Gasteiger partial charge in [0, 0.05) is 43.9 Å². The van der Waals surface area contributed by atoms with Crippen LogP contribution in [0.5, 0.6) is 0 Å². The van der Waals surface area contributed by atoms with Crippen molar-refractivity contribution in [2.24, 2.45) is 10.9 Å². The Hall–Kier alpha value is -3.18. The van der Waals surface area contributed by atoms with Crippen LogP contribution in [0.15, 0.2) is 53.5 Å². The molecular formula is C29H33F3N4O3S. The number of carbonyl (C=O) groups excluding carboxylic acids is 1. The van der Waals surface area contributed by atoms with Gasteiger partial charge < -0.3 is 9.80 Å². The summed E-state index contributed by atoms with van der Waals surface area (Å²) in [6, 6.07) is 7.55. The van der Waals surface area contributed by atoms with E-state index in [1.165, 1.54) is 18.2 Å². The Morgan fingerprint density at radius 1 is 1.00 bits per heavy atom. The number of fused-ring (bicyclic) bond motifs is 1. The molecule has 2 aliphatic heterocycles. The molecule has 2 heterocycles. The fourth-order valence-electron chi connectivity index (χ4n) is 5.83. The van der Waals surface area contributed by atoms with Crippen LogP contribution in [-0.4, -0.2) is 74.4 Å². The normalized spacial score (nSPS) is 23.5. The lowest BCUT2D eigenvalue weighted by molar-refractivity contribution is 0.0761. The predicted molar refractivity (Wildman–Crippen MR) is 149 cm³/mol. The average Bonchev–Trinajstić information content (AvgIpc) is 3.20. The van der Waals surface area contributed by atoms with Crippen molar-refractivity contribution in [3.63, 3.8) is 0 Å². The summed E-state index contributed by atoms with van der Waals surface area (Å²) in [5.74, 6) is -2.80.